The number of hydrazone groups is 1. The van der Waals surface area contributed by atoms with Gasteiger partial charge in [0.1, 0.15) is 5.75 Å². The number of nitrogens with one attached hydrogen (secondary N) is 1. The number of fused-ring (bicyclic) bond motifs is 2. The summed E-state index contributed by atoms with van der Waals surface area (Å²) in [4.78, 5) is 24.9. The molecule has 0 fully saturated rings. The first kappa shape index (κ1) is 20.3. The Labute approximate surface area is 187 Å². The van der Waals surface area contributed by atoms with Crippen LogP contribution in [0.3, 0.4) is 0 Å². The number of amides is 1. The molecule has 0 aliphatic rings. The fourth-order valence-corrected chi connectivity index (χ4v) is 4.41. The fourth-order valence-electron chi connectivity index (χ4n) is 3.07. The van der Waals surface area contributed by atoms with Gasteiger partial charge in [-0.3, -0.25) is 4.79 Å². The van der Waals surface area contributed by atoms with E-state index in [9.17, 15) is 14.7 Å². The lowest BCUT2D eigenvalue weighted by Crippen LogP contribution is -2.21. The van der Waals surface area contributed by atoms with E-state index < -0.39 is 11.5 Å². The number of aromatic hydroxyl groups is 1. The van der Waals surface area contributed by atoms with E-state index >= 15 is 0 Å². The Balaban J connectivity index is 1.66. The molecule has 1 heterocycles. The van der Waals surface area contributed by atoms with Crippen molar-refractivity contribution in [2.45, 2.75) is 6.92 Å². The highest BCUT2D eigenvalue weighted by Crippen LogP contribution is 2.28. The predicted molar refractivity (Wildman–Crippen MR) is 123 cm³/mol. The van der Waals surface area contributed by atoms with Crippen LogP contribution in [-0.2, 0) is 0 Å². The summed E-state index contributed by atoms with van der Waals surface area (Å²) in [5.41, 5.74) is 2.82. The van der Waals surface area contributed by atoms with Gasteiger partial charge in [0.05, 0.1) is 21.3 Å². The normalized spacial score (nSPS) is 11.8. The molecule has 0 bridgehead atoms. The summed E-state index contributed by atoms with van der Waals surface area (Å²) in [6, 6.07) is 15.7. The molecule has 0 aliphatic heterocycles. The molecule has 0 spiro atoms. The van der Waals surface area contributed by atoms with Crippen molar-refractivity contribution in [1.82, 2.24) is 5.43 Å². The summed E-state index contributed by atoms with van der Waals surface area (Å²) < 4.78 is 6.86. The molecule has 0 saturated carbocycles. The average molecular weight is 530 g/mol. The number of rotatable bonds is 3. The highest BCUT2D eigenvalue weighted by molar-refractivity contribution is 9.11. The van der Waals surface area contributed by atoms with Gasteiger partial charge in [0.25, 0.3) is 5.91 Å². The molecule has 0 saturated heterocycles. The minimum absolute atomic E-state index is 0.0867. The van der Waals surface area contributed by atoms with Crippen LogP contribution in [0.25, 0.3) is 21.7 Å². The lowest BCUT2D eigenvalue weighted by molar-refractivity contribution is 0.0952. The topological polar surface area (TPSA) is 91.9 Å². The third-order valence-electron chi connectivity index (χ3n) is 4.58. The van der Waals surface area contributed by atoms with Gasteiger partial charge in [0.2, 0.25) is 0 Å². The molecular weight excluding hydrogens is 516 g/mol. The summed E-state index contributed by atoms with van der Waals surface area (Å²) >= 11 is 6.77. The maximum atomic E-state index is 12.5. The van der Waals surface area contributed by atoms with Crippen LogP contribution in [0.4, 0.5) is 0 Å². The first-order valence-corrected chi connectivity index (χ1v) is 10.4. The predicted octanol–water partition coefficient (Wildman–Crippen LogP) is 5.33. The number of phenols is 1. The van der Waals surface area contributed by atoms with Crippen molar-refractivity contribution in [2.24, 2.45) is 5.10 Å². The molecule has 2 N–H and O–H groups in total. The Hall–Kier alpha value is -2.97. The molecule has 30 heavy (non-hydrogen) atoms. The highest BCUT2D eigenvalue weighted by atomic mass is 79.9. The maximum absolute atomic E-state index is 12.5. The molecular formula is C22H14Br2N2O4. The van der Waals surface area contributed by atoms with Crippen molar-refractivity contribution in [3.8, 4) is 5.75 Å². The van der Waals surface area contributed by atoms with Crippen LogP contribution in [0.2, 0.25) is 0 Å². The van der Waals surface area contributed by atoms with Crippen LogP contribution in [0.15, 0.2) is 77.9 Å². The molecule has 8 heteroatoms. The third-order valence-corrected chi connectivity index (χ3v) is 5.62. The Morgan fingerprint density at radius 1 is 1.00 bits per heavy atom. The average Bonchev–Trinajstić information content (AvgIpc) is 2.71. The second-order valence-corrected chi connectivity index (χ2v) is 8.38. The molecule has 0 atom stereocenters. The molecule has 4 aromatic rings. The Morgan fingerprint density at radius 2 is 1.67 bits per heavy atom. The molecule has 150 valence electrons. The van der Waals surface area contributed by atoms with Crippen LogP contribution in [0.5, 0.6) is 5.75 Å². The molecule has 1 aromatic heterocycles. The van der Waals surface area contributed by atoms with Crippen LogP contribution in [0, 0.1) is 0 Å². The van der Waals surface area contributed by atoms with Gasteiger partial charge in [-0.2, -0.15) is 5.10 Å². The van der Waals surface area contributed by atoms with Crippen molar-refractivity contribution in [3.05, 3.63) is 85.1 Å². The van der Waals surface area contributed by atoms with E-state index in [1.807, 2.05) is 30.3 Å². The summed E-state index contributed by atoms with van der Waals surface area (Å²) in [7, 11) is 0. The minimum atomic E-state index is -0.590. The lowest BCUT2D eigenvalue weighted by atomic mass is 10.1. The van der Waals surface area contributed by atoms with E-state index in [0.29, 0.717) is 15.4 Å². The number of phenolic OH excluding ortho intramolecular Hbond substituents is 1. The molecule has 6 nitrogen and oxygen atoms in total. The summed E-state index contributed by atoms with van der Waals surface area (Å²) in [6.45, 7) is 1.59. The summed E-state index contributed by atoms with van der Waals surface area (Å²) in [5, 5.41) is 16.5. The fraction of sp³-hybridized carbons (Fsp3) is 0.0455. The monoisotopic (exact) mass is 528 g/mol. The zero-order valence-electron chi connectivity index (χ0n) is 15.6. The van der Waals surface area contributed by atoms with Crippen LogP contribution >= 0.6 is 31.9 Å². The zero-order chi connectivity index (χ0) is 21.4. The number of hydrogen-bond donors (Lipinski definition) is 2. The van der Waals surface area contributed by atoms with Crippen LogP contribution < -0.4 is 11.1 Å². The van der Waals surface area contributed by atoms with E-state index in [0.717, 1.165) is 15.2 Å². The summed E-state index contributed by atoms with van der Waals surface area (Å²) in [6.07, 6.45) is 0. The van der Waals surface area contributed by atoms with E-state index in [1.54, 1.807) is 25.1 Å². The molecule has 0 unspecified atom stereocenters. The van der Waals surface area contributed by atoms with E-state index in [4.69, 9.17) is 4.42 Å². The molecule has 4 rings (SSSR count). The number of benzene rings is 3. The van der Waals surface area contributed by atoms with Crippen molar-refractivity contribution in [3.63, 3.8) is 0 Å². The van der Waals surface area contributed by atoms with Gasteiger partial charge in [0, 0.05) is 9.86 Å². The van der Waals surface area contributed by atoms with E-state index in [2.05, 4.69) is 42.4 Å². The molecule has 3 aromatic carbocycles. The standard InChI is InChI=1S/C22H14Br2N2O4/c1-11(16-8-14-6-15(23)10-18(24)20(14)30-22(16)29)25-26-21(28)17-7-12-4-2-3-5-13(12)9-19(17)27/h2-10,27H,1H3,(H,26,28). The second kappa shape index (κ2) is 8.04. The van der Waals surface area contributed by atoms with Crippen LogP contribution in [0.1, 0.15) is 22.8 Å². The van der Waals surface area contributed by atoms with Crippen LogP contribution in [-0.4, -0.2) is 16.7 Å². The first-order valence-electron chi connectivity index (χ1n) is 8.83. The summed E-state index contributed by atoms with van der Waals surface area (Å²) in [5.74, 6) is -0.743. The first-order chi connectivity index (χ1) is 14.3. The zero-order valence-corrected chi connectivity index (χ0v) is 18.7. The Bertz CT molecular complexity index is 1410. The smallest absolute Gasteiger partial charge is 0.345 e. The number of hydrogen-bond acceptors (Lipinski definition) is 5. The second-order valence-electron chi connectivity index (χ2n) is 6.61. The minimum Gasteiger partial charge on any atom is -0.507 e. The lowest BCUT2D eigenvalue weighted by Gasteiger charge is -2.07. The number of carbonyl (C=O) groups excluding carboxylic acids is 1. The third kappa shape index (κ3) is 3.88. The number of nitrogens with zero attached hydrogens (tertiary/aromatic N) is 1. The van der Waals surface area contributed by atoms with Crippen molar-refractivity contribution < 1.29 is 14.3 Å². The molecule has 1 amide bonds. The van der Waals surface area contributed by atoms with Gasteiger partial charge >= 0.3 is 5.63 Å². The van der Waals surface area contributed by atoms with Gasteiger partial charge in [-0.05, 0) is 64.0 Å². The number of halogens is 2. The van der Waals surface area contributed by atoms with Crippen molar-refractivity contribution in [2.75, 3.05) is 0 Å². The van der Waals surface area contributed by atoms with E-state index in [-0.39, 0.29) is 22.6 Å². The Morgan fingerprint density at radius 3 is 2.40 bits per heavy atom. The van der Waals surface area contributed by atoms with Gasteiger partial charge in [-0.15, -0.1) is 0 Å². The Kier molecular flexibility index (Phi) is 5.44. The largest absolute Gasteiger partial charge is 0.507 e. The quantitative estimate of drug-likeness (QED) is 0.213. The van der Waals surface area contributed by atoms with Crippen molar-refractivity contribution in [1.29, 1.82) is 0 Å². The molecule has 0 radical (unpaired) electrons. The van der Waals surface area contributed by atoms with Gasteiger partial charge in [0.15, 0.2) is 5.58 Å². The molecule has 0 aliphatic carbocycles. The van der Waals surface area contributed by atoms with Crippen molar-refractivity contribution >= 4 is 65.2 Å². The van der Waals surface area contributed by atoms with Gasteiger partial charge in [-0.25, -0.2) is 10.2 Å². The SMILES string of the molecule is CC(=NNC(=O)c1cc2ccccc2cc1O)c1cc2cc(Br)cc(Br)c2oc1=O. The van der Waals surface area contributed by atoms with Gasteiger partial charge < -0.3 is 9.52 Å². The van der Waals surface area contributed by atoms with Gasteiger partial charge in [-0.1, -0.05) is 40.2 Å². The van der Waals surface area contributed by atoms with E-state index in [1.165, 1.54) is 6.07 Å². The highest BCUT2D eigenvalue weighted by Gasteiger charge is 2.14. The maximum Gasteiger partial charge on any atom is 0.345 e. The number of carbonyl (C=O) groups is 1.